The van der Waals surface area contributed by atoms with Crippen molar-refractivity contribution in [1.29, 1.82) is 0 Å². The van der Waals surface area contributed by atoms with Gasteiger partial charge < -0.3 is 10.1 Å². The summed E-state index contributed by atoms with van der Waals surface area (Å²) in [5, 5.41) is 3.52. The van der Waals surface area contributed by atoms with Crippen molar-refractivity contribution in [2.45, 2.75) is 51.7 Å². The summed E-state index contributed by atoms with van der Waals surface area (Å²) in [5.41, 5.74) is 1.31. The van der Waals surface area contributed by atoms with Crippen LogP contribution >= 0.6 is 0 Å². The minimum Gasteiger partial charge on any atom is -0.490 e. The normalized spacial score (nSPS) is 17.5. The van der Waals surface area contributed by atoms with E-state index < -0.39 is 0 Å². The standard InChI is InChI=1S/C15H23NO/c1-3-14(16-4-2)13-10-5-6-11-15(13)17-12-8-7-9-12/h5-6,10-12,14,16H,3-4,7-9H2,1-2H3. The fourth-order valence-corrected chi connectivity index (χ4v) is 2.26. The van der Waals surface area contributed by atoms with Gasteiger partial charge in [-0.1, -0.05) is 32.0 Å². The van der Waals surface area contributed by atoms with E-state index in [0.717, 1.165) is 18.7 Å². The topological polar surface area (TPSA) is 21.3 Å². The number of nitrogens with one attached hydrogen (secondary N) is 1. The van der Waals surface area contributed by atoms with Gasteiger partial charge in [-0.25, -0.2) is 0 Å². The van der Waals surface area contributed by atoms with Crippen LogP contribution in [-0.4, -0.2) is 12.6 Å². The van der Waals surface area contributed by atoms with Crippen molar-refractivity contribution in [2.75, 3.05) is 6.54 Å². The lowest BCUT2D eigenvalue weighted by Crippen LogP contribution is -2.26. The monoisotopic (exact) mass is 233 g/mol. The summed E-state index contributed by atoms with van der Waals surface area (Å²) < 4.78 is 6.07. The molecule has 1 atom stereocenters. The smallest absolute Gasteiger partial charge is 0.124 e. The molecule has 1 aliphatic rings. The van der Waals surface area contributed by atoms with Crippen molar-refractivity contribution < 1.29 is 4.74 Å². The van der Waals surface area contributed by atoms with Gasteiger partial charge in [-0.2, -0.15) is 0 Å². The second-order valence-electron chi connectivity index (χ2n) is 4.73. The van der Waals surface area contributed by atoms with Crippen LogP contribution in [0, 0.1) is 0 Å². The third-order valence-corrected chi connectivity index (χ3v) is 3.50. The summed E-state index contributed by atoms with van der Waals surface area (Å²) in [6, 6.07) is 8.87. The molecule has 1 aromatic carbocycles. The van der Waals surface area contributed by atoms with Crippen molar-refractivity contribution in [3.63, 3.8) is 0 Å². The number of benzene rings is 1. The fourth-order valence-electron chi connectivity index (χ4n) is 2.26. The Balaban J connectivity index is 2.12. The third kappa shape index (κ3) is 3.01. The van der Waals surface area contributed by atoms with Gasteiger partial charge >= 0.3 is 0 Å². The molecule has 94 valence electrons. The van der Waals surface area contributed by atoms with Gasteiger partial charge in [0.25, 0.3) is 0 Å². The molecule has 0 aliphatic heterocycles. The Morgan fingerprint density at radius 3 is 2.65 bits per heavy atom. The molecule has 1 N–H and O–H groups in total. The lowest BCUT2D eigenvalue weighted by Gasteiger charge is -2.29. The quantitative estimate of drug-likeness (QED) is 0.809. The molecule has 1 fully saturated rings. The molecule has 1 aliphatic carbocycles. The average molecular weight is 233 g/mol. The Morgan fingerprint density at radius 2 is 2.06 bits per heavy atom. The zero-order chi connectivity index (χ0) is 12.1. The molecule has 1 aromatic rings. The largest absolute Gasteiger partial charge is 0.490 e. The molecule has 0 saturated heterocycles. The van der Waals surface area contributed by atoms with Crippen LogP contribution in [0.3, 0.4) is 0 Å². The predicted molar refractivity (Wildman–Crippen MR) is 71.4 cm³/mol. The molecule has 2 nitrogen and oxygen atoms in total. The first-order valence-electron chi connectivity index (χ1n) is 6.84. The Bertz CT molecular complexity index is 347. The highest BCUT2D eigenvalue weighted by atomic mass is 16.5. The van der Waals surface area contributed by atoms with E-state index in [1.54, 1.807) is 0 Å². The van der Waals surface area contributed by atoms with Crippen LogP contribution in [0.25, 0.3) is 0 Å². The van der Waals surface area contributed by atoms with Crippen molar-refractivity contribution >= 4 is 0 Å². The van der Waals surface area contributed by atoms with Gasteiger partial charge in [0.2, 0.25) is 0 Å². The minimum absolute atomic E-state index is 0.413. The van der Waals surface area contributed by atoms with Gasteiger partial charge in [-0.05, 0) is 38.3 Å². The van der Waals surface area contributed by atoms with Crippen molar-refractivity contribution in [2.24, 2.45) is 0 Å². The maximum absolute atomic E-state index is 6.07. The maximum Gasteiger partial charge on any atom is 0.124 e. The maximum atomic E-state index is 6.07. The van der Waals surface area contributed by atoms with E-state index in [9.17, 15) is 0 Å². The van der Waals surface area contributed by atoms with Crippen LogP contribution in [0.5, 0.6) is 5.75 Å². The van der Waals surface area contributed by atoms with Gasteiger partial charge in [-0.3, -0.25) is 0 Å². The van der Waals surface area contributed by atoms with E-state index in [0.29, 0.717) is 12.1 Å². The van der Waals surface area contributed by atoms with Gasteiger partial charge in [0.15, 0.2) is 0 Å². The molecule has 2 rings (SSSR count). The highest BCUT2D eigenvalue weighted by molar-refractivity contribution is 5.36. The average Bonchev–Trinajstić information content (AvgIpc) is 2.31. The van der Waals surface area contributed by atoms with Crippen molar-refractivity contribution in [3.8, 4) is 5.75 Å². The first-order chi connectivity index (χ1) is 8.35. The second-order valence-corrected chi connectivity index (χ2v) is 4.73. The SMILES string of the molecule is CCNC(CC)c1ccccc1OC1CCC1. The summed E-state index contributed by atoms with van der Waals surface area (Å²) in [4.78, 5) is 0. The molecule has 0 spiro atoms. The molecule has 0 aromatic heterocycles. The lowest BCUT2D eigenvalue weighted by molar-refractivity contribution is 0.118. The van der Waals surface area contributed by atoms with Gasteiger partial charge in [0, 0.05) is 11.6 Å². The van der Waals surface area contributed by atoms with Gasteiger partial charge in [0.05, 0.1) is 6.10 Å². The molecule has 0 radical (unpaired) electrons. The molecule has 1 saturated carbocycles. The molecule has 1 unspecified atom stereocenters. The molecule has 2 heteroatoms. The Kier molecular flexibility index (Phi) is 4.43. The molecule has 17 heavy (non-hydrogen) atoms. The zero-order valence-electron chi connectivity index (χ0n) is 10.9. The lowest BCUT2D eigenvalue weighted by atomic mass is 9.95. The van der Waals surface area contributed by atoms with E-state index in [-0.39, 0.29) is 0 Å². The number of para-hydroxylation sites is 1. The first kappa shape index (κ1) is 12.4. The molecule has 0 bridgehead atoms. The molecular formula is C15H23NO. The highest BCUT2D eigenvalue weighted by Crippen LogP contribution is 2.31. The molecular weight excluding hydrogens is 210 g/mol. The van der Waals surface area contributed by atoms with E-state index in [1.807, 2.05) is 0 Å². The van der Waals surface area contributed by atoms with Crippen LogP contribution in [0.1, 0.15) is 51.1 Å². The van der Waals surface area contributed by atoms with Crippen molar-refractivity contribution in [1.82, 2.24) is 5.32 Å². The Morgan fingerprint density at radius 1 is 1.29 bits per heavy atom. The van der Waals surface area contributed by atoms with Crippen LogP contribution in [0.2, 0.25) is 0 Å². The summed E-state index contributed by atoms with van der Waals surface area (Å²) in [5.74, 6) is 1.07. The zero-order valence-corrected chi connectivity index (χ0v) is 10.9. The summed E-state index contributed by atoms with van der Waals surface area (Å²) in [7, 11) is 0. The van der Waals surface area contributed by atoms with E-state index in [1.165, 1.54) is 24.8 Å². The van der Waals surface area contributed by atoms with Crippen LogP contribution in [0.4, 0.5) is 0 Å². The van der Waals surface area contributed by atoms with Crippen LogP contribution in [0.15, 0.2) is 24.3 Å². The van der Waals surface area contributed by atoms with Gasteiger partial charge in [-0.15, -0.1) is 0 Å². The Hall–Kier alpha value is -1.02. The summed E-state index contributed by atoms with van der Waals surface area (Å²) in [6.07, 6.45) is 5.30. The van der Waals surface area contributed by atoms with Crippen LogP contribution in [-0.2, 0) is 0 Å². The van der Waals surface area contributed by atoms with Gasteiger partial charge in [0.1, 0.15) is 5.75 Å². The fraction of sp³-hybridized carbons (Fsp3) is 0.600. The van der Waals surface area contributed by atoms with E-state index in [4.69, 9.17) is 4.74 Å². The highest BCUT2D eigenvalue weighted by Gasteiger charge is 2.21. The Labute approximate surface area is 104 Å². The summed E-state index contributed by atoms with van der Waals surface area (Å²) in [6.45, 7) is 5.36. The molecule has 0 amide bonds. The molecule has 0 heterocycles. The summed E-state index contributed by atoms with van der Waals surface area (Å²) >= 11 is 0. The number of hydrogen-bond acceptors (Lipinski definition) is 2. The number of ether oxygens (including phenoxy) is 1. The number of rotatable bonds is 6. The minimum atomic E-state index is 0.413. The predicted octanol–water partition coefficient (Wildman–Crippen LogP) is 3.68. The third-order valence-electron chi connectivity index (χ3n) is 3.50. The van der Waals surface area contributed by atoms with Crippen LogP contribution < -0.4 is 10.1 Å². The first-order valence-corrected chi connectivity index (χ1v) is 6.84. The van der Waals surface area contributed by atoms with E-state index in [2.05, 4.69) is 43.4 Å². The number of hydrogen-bond donors (Lipinski definition) is 1. The van der Waals surface area contributed by atoms with E-state index >= 15 is 0 Å². The second kappa shape index (κ2) is 6.06. The van der Waals surface area contributed by atoms with Crippen molar-refractivity contribution in [3.05, 3.63) is 29.8 Å².